The van der Waals surface area contributed by atoms with Gasteiger partial charge in [-0.25, -0.2) is 4.79 Å². The number of alkyl halides is 3. The van der Waals surface area contributed by atoms with E-state index in [-0.39, 0.29) is 22.9 Å². The van der Waals surface area contributed by atoms with Crippen LogP contribution in [-0.2, 0) is 17.4 Å². The number of carbonyl (C=O) groups excluding carboxylic acids is 3. The Morgan fingerprint density at radius 3 is 2.27 bits per heavy atom. The molecule has 9 nitrogen and oxygen atoms in total. The highest BCUT2D eigenvalue weighted by Crippen LogP contribution is 2.34. The molecule has 0 saturated heterocycles. The summed E-state index contributed by atoms with van der Waals surface area (Å²) in [6, 6.07) is 11.8. The molecule has 2 aromatic carbocycles. The number of ether oxygens (including phenoxy) is 1. The van der Waals surface area contributed by atoms with Crippen molar-refractivity contribution >= 4 is 29.1 Å². The molecule has 210 valence electrons. The first-order valence-corrected chi connectivity index (χ1v) is 12.0. The standard InChI is InChI=1S/C28H28F3N5O4/c1-32-26(38)25-17-23(12-13-33-25)40-22-10-8-19(9-11-22)34-27(39)35-20-7-6-18(24(16-20)28(29,30)31)15-21(37)5-4-14-36(2)3/h4-13,16-17H,14-15H2,1-3H3,(H,32,38)(H2,34,35,39)/b5-4+. The van der Waals surface area contributed by atoms with Crippen molar-refractivity contribution < 1.29 is 32.3 Å². The lowest BCUT2D eigenvalue weighted by atomic mass is 10.0. The zero-order valence-electron chi connectivity index (χ0n) is 22.0. The van der Waals surface area contributed by atoms with E-state index in [1.165, 1.54) is 49.7 Å². The van der Waals surface area contributed by atoms with Crippen molar-refractivity contribution in [2.45, 2.75) is 12.6 Å². The maximum atomic E-state index is 13.7. The number of nitrogens with zero attached hydrogens (tertiary/aromatic N) is 2. The largest absolute Gasteiger partial charge is 0.457 e. The number of aromatic nitrogens is 1. The Morgan fingerprint density at radius 2 is 1.62 bits per heavy atom. The summed E-state index contributed by atoms with van der Waals surface area (Å²) in [6.07, 6.45) is -0.875. The molecule has 0 saturated carbocycles. The monoisotopic (exact) mass is 555 g/mol. The van der Waals surface area contributed by atoms with Gasteiger partial charge in [0.25, 0.3) is 5.91 Å². The second-order valence-electron chi connectivity index (χ2n) is 8.84. The summed E-state index contributed by atoms with van der Waals surface area (Å²) in [5.41, 5.74) is -0.746. The number of carbonyl (C=O) groups is 3. The summed E-state index contributed by atoms with van der Waals surface area (Å²) in [5.74, 6) is -0.0397. The summed E-state index contributed by atoms with van der Waals surface area (Å²) in [5, 5.41) is 7.38. The fourth-order valence-corrected chi connectivity index (χ4v) is 3.48. The third-order valence-electron chi connectivity index (χ3n) is 5.35. The minimum Gasteiger partial charge on any atom is -0.457 e. The highest BCUT2D eigenvalue weighted by atomic mass is 19.4. The summed E-state index contributed by atoms with van der Waals surface area (Å²) >= 11 is 0. The molecule has 0 bridgehead atoms. The van der Waals surface area contributed by atoms with Gasteiger partial charge in [-0.05, 0) is 68.2 Å². The molecule has 0 fully saturated rings. The van der Waals surface area contributed by atoms with Gasteiger partial charge in [0.15, 0.2) is 5.78 Å². The van der Waals surface area contributed by atoms with Crippen LogP contribution in [0.3, 0.4) is 0 Å². The van der Waals surface area contributed by atoms with Gasteiger partial charge in [-0.2, -0.15) is 13.2 Å². The normalized spacial score (nSPS) is 11.4. The van der Waals surface area contributed by atoms with Crippen molar-refractivity contribution in [2.75, 3.05) is 38.3 Å². The Hall–Kier alpha value is -4.71. The van der Waals surface area contributed by atoms with Crippen LogP contribution in [0.4, 0.5) is 29.3 Å². The molecule has 40 heavy (non-hydrogen) atoms. The lowest BCUT2D eigenvalue weighted by Gasteiger charge is -2.15. The van der Waals surface area contributed by atoms with E-state index in [4.69, 9.17) is 4.74 Å². The van der Waals surface area contributed by atoms with E-state index in [9.17, 15) is 27.6 Å². The first kappa shape index (κ1) is 29.8. The first-order chi connectivity index (χ1) is 18.9. The molecule has 3 aromatic rings. The van der Waals surface area contributed by atoms with Crippen LogP contribution in [-0.4, -0.2) is 55.3 Å². The van der Waals surface area contributed by atoms with Crippen molar-refractivity contribution in [2.24, 2.45) is 0 Å². The number of benzene rings is 2. The summed E-state index contributed by atoms with van der Waals surface area (Å²) in [4.78, 5) is 42.1. The van der Waals surface area contributed by atoms with Gasteiger partial charge in [-0.3, -0.25) is 14.6 Å². The molecule has 0 aliphatic rings. The Balaban J connectivity index is 1.63. The number of pyridine rings is 1. The fraction of sp³-hybridized carbons (Fsp3) is 0.214. The van der Waals surface area contributed by atoms with Crippen LogP contribution in [0.5, 0.6) is 11.5 Å². The van der Waals surface area contributed by atoms with Gasteiger partial charge in [0.2, 0.25) is 0 Å². The molecule has 0 atom stereocenters. The van der Waals surface area contributed by atoms with Gasteiger partial charge in [-0.15, -0.1) is 0 Å². The third-order valence-corrected chi connectivity index (χ3v) is 5.35. The molecule has 3 amide bonds. The van der Waals surface area contributed by atoms with Gasteiger partial charge in [0, 0.05) is 43.7 Å². The van der Waals surface area contributed by atoms with E-state index in [1.807, 2.05) is 4.90 Å². The molecule has 1 heterocycles. The van der Waals surface area contributed by atoms with E-state index in [1.54, 1.807) is 38.4 Å². The number of likely N-dealkylation sites (N-methyl/N-ethyl adjacent to an activating group) is 1. The second-order valence-corrected chi connectivity index (χ2v) is 8.84. The molecular formula is C28H28F3N5O4. The van der Waals surface area contributed by atoms with Crippen LogP contribution in [0.25, 0.3) is 0 Å². The highest BCUT2D eigenvalue weighted by molar-refractivity contribution is 6.00. The van der Waals surface area contributed by atoms with Gasteiger partial charge < -0.3 is 25.6 Å². The van der Waals surface area contributed by atoms with Crippen LogP contribution in [0, 0.1) is 0 Å². The lowest BCUT2D eigenvalue weighted by molar-refractivity contribution is -0.138. The number of urea groups is 1. The predicted octanol–water partition coefficient (Wildman–Crippen LogP) is 5.13. The van der Waals surface area contributed by atoms with Crippen LogP contribution in [0.15, 0.2) is 72.9 Å². The average Bonchev–Trinajstić information content (AvgIpc) is 2.89. The number of amides is 3. The van der Waals surface area contributed by atoms with Gasteiger partial charge in [0.1, 0.15) is 17.2 Å². The smallest absolute Gasteiger partial charge is 0.416 e. The quantitative estimate of drug-likeness (QED) is 0.299. The number of nitrogens with one attached hydrogen (secondary N) is 3. The van der Waals surface area contributed by atoms with E-state index < -0.39 is 30.0 Å². The minimum atomic E-state index is -4.72. The van der Waals surface area contributed by atoms with Crippen molar-refractivity contribution in [1.82, 2.24) is 15.2 Å². The second kappa shape index (κ2) is 13.4. The lowest BCUT2D eigenvalue weighted by Crippen LogP contribution is -2.20. The Bertz CT molecular complexity index is 1390. The molecule has 0 aliphatic carbocycles. The summed E-state index contributed by atoms with van der Waals surface area (Å²) in [7, 11) is 5.09. The Labute approximate surface area is 229 Å². The molecule has 12 heteroatoms. The molecule has 0 aliphatic heterocycles. The van der Waals surface area contributed by atoms with E-state index >= 15 is 0 Å². The number of allylic oxidation sites excluding steroid dienone is 1. The van der Waals surface area contributed by atoms with Crippen molar-refractivity contribution in [3.8, 4) is 11.5 Å². The Morgan fingerprint density at radius 1 is 0.950 bits per heavy atom. The zero-order valence-corrected chi connectivity index (χ0v) is 22.0. The van der Waals surface area contributed by atoms with Gasteiger partial charge in [-0.1, -0.05) is 12.1 Å². The van der Waals surface area contributed by atoms with Crippen LogP contribution >= 0.6 is 0 Å². The van der Waals surface area contributed by atoms with Gasteiger partial charge >= 0.3 is 12.2 Å². The first-order valence-electron chi connectivity index (χ1n) is 12.0. The minimum absolute atomic E-state index is 0.0891. The predicted molar refractivity (Wildman–Crippen MR) is 145 cm³/mol. The molecule has 3 N–H and O–H groups in total. The number of hydrogen-bond acceptors (Lipinski definition) is 6. The zero-order chi connectivity index (χ0) is 29.3. The number of rotatable bonds is 10. The average molecular weight is 556 g/mol. The Kier molecular flexibility index (Phi) is 9.98. The number of hydrogen-bond donors (Lipinski definition) is 3. The van der Waals surface area contributed by atoms with Crippen molar-refractivity contribution in [1.29, 1.82) is 0 Å². The third kappa shape index (κ3) is 8.95. The number of ketones is 1. The maximum absolute atomic E-state index is 13.7. The molecule has 0 radical (unpaired) electrons. The maximum Gasteiger partial charge on any atom is 0.416 e. The number of anilines is 2. The topological polar surface area (TPSA) is 113 Å². The molecule has 0 unspecified atom stereocenters. The number of halogens is 3. The molecule has 0 spiro atoms. The van der Waals surface area contributed by atoms with Crippen LogP contribution in [0.1, 0.15) is 21.6 Å². The van der Waals surface area contributed by atoms with Crippen molar-refractivity contribution in [3.05, 3.63) is 89.8 Å². The summed E-state index contributed by atoms with van der Waals surface area (Å²) < 4.78 is 46.8. The summed E-state index contributed by atoms with van der Waals surface area (Å²) in [6.45, 7) is 0.482. The van der Waals surface area contributed by atoms with E-state index in [2.05, 4.69) is 20.9 Å². The fourth-order valence-electron chi connectivity index (χ4n) is 3.48. The van der Waals surface area contributed by atoms with Crippen LogP contribution in [0.2, 0.25) is 0 Å². The molecular weight excluding hydrogens is 527 g/mol. The van der Waals surface area contributed by atoms with Gasteiger partial charge in [0.05, 0.1) is 5.56 Å². The van der Waals surface area contributed by atoms with E-state index in [0.717, 1.165) is 6.07 Å². The highest BCUT2D eigenvalue weighted by Gasteiger charge is 2.34. The molecule has 1 aromatic heterocycles. The SMILES string of the molecule is CNC(=O)c1cc(Oc2ccc(NC(=O)Nc3ccc(CC(=O)/C=C/CN(C)C)c(C(F)(F)F)c3)cc2)ccn1. The van der Waals surface area contributed by atoms with Crippen LogP contribution < -0.4 is 20.7 Å². The van der Waals surface area contributed by atoms with Crippen molar-refractivity contribution in [3.63, 3.8) is 0 Å². The molecule has 3 rings (SSSR count). The van der Waals surface area contributed by atoms with E-state index in [0.29, 0.717) is 23.7 Å².